The first-order valence-corrected chi connectivity index (χ1v) is 10.4. The van der Waals surface area contributed by atoms with E-state index in [4.69, 9.17) is 21.4 Å². The summed E-state index contributed by atoms with van der Waals surface area (Å²) in [5.41, 5.74) is 3.37. The molecule has 3 aliphatic carbocycles. The molecule has 5 nitrogen and oxygen atoms in total. The Morgan fingerprint density at radius 3 is 2.68 bits per heavy atom. The van der Waals surface area contributed by atoms with Gasteiger partial charge < -0.3 is 9.84 Å². The fourth-order valence-electron chi connectivity index (χ4n) is 6.13. The molecule has 6 heteroatoms. The van der Waals surface area contributed by atoms with Gasteiger partial charge in [-0.3, -0.25) is 4.79 Å². The normalized spacial score (nSPS) is 32.5. The van der Waals surface area contributed by atoms with Crippen LogP contribution >= 0.6 is 11.6 Å². The zero-order valence-electron chi connectivity index (χ0n) is 16.1. The molecule has 3 atom stereocenters. The third-order valence-electron chi connectivity index (χ3n) is 7.66. The molecule has 1 spiro atoms. The van der Waals surface area contributed by atoms with Gasteiger partial charge in [-0.25, -0.2) is 4.68 Å². The molecule has 0 aliphatic heterocycles. The molecule has 28 heavy (non-hydrogen) atoms. The minimum absolute atomic E-state index is 0.0610. The Morgan fingerprint density at radius 1 is 1.25 bits per heavy atom. The average Bonchev–Trinajstić information content (AvgIpc) is 3.16. The number of aryl methyl sites for hydroxylation is 1. The smallest absolute Gasteiger partial charge is 0.303 e. The first kappa shape index (κ1) is 18.2. The lowest BCUT2D eigenvalue weighted by Gasteiger charge is -2.49. The van der Waals surface area contributed by atoms with Crippen molar-refractivity contribution in [3.63, 3.8) is 0 Å². The van der Waals surface area contributed by atoms with Gasteiger partial charge in [-0.05, 0) is 81.2 Å². The van der Waals surface area contributed by atoms with E-state index in [-0.39, 0.29) is 22.9 Å². The van der Waals surface area contributed by atoms with Crippen molar-refractivity contribution < 1.29 is 14.6 Å². The van der Waals surface area contributed by atoms with Gasteiger partial charge in [0.1, 0.15) is 0 Å². The number of carboxylic acid groups (broad SMARTS) is 1. The largest absolute Gasteiger partial charge is 0.481 e. The van der Waals surface area contributed by atoms with E-state index in [1.165, 1.54) is 6.42 Å². The molecule has 5 rings (SSSR count). The molecule has 148 valence electrons. The summed E-state index contributed by atoms with van der Waals surface area (Å²) in [5, 5.41) is 14.4. The van der Waals surface area contributed by atoms with Crippen LogP contribution in [0.2, 0.25) is 5.02 Å². The van der Waals surface area contributed by atoms with Crippen molar-refractivity contribution in [2.75, 3.05) is 0 Å². The van der Waals surface area contributed by atoms with Gasteiger partial charge in [-0.2, -0.15) is 5.10 Å². The minimum Gasteiger partial charge on any atom is -0.481 e. The predicted molar refractivity (Wildman–Crippen MR) is 106 cm³/mol. The molecule has 0 bridgehead atoms. The van der Waals surface area contributed by atoms with Gasteiger partial charge in [0.15, 0.2) is 0 Å². The van der Waals surface area contributed by atoms with Crippen LogP contribution in [0.4, 0.5) is 0 Å². The van der Waals surface area contributed by atoms with Crippen molar-refractivity contribution in [1.29, 1.82) is 0 Å². The molecule has 3 aliphatic rings. The van der Waals surface area contributed by atoms with Gasteiger partial charge in [-0.15, -0.1) is 0 Å². The summed E-state index contributed by atoms with van der Waals surface area (Å²) in [6.45, 7) is 2.52. The van der Waals surface area contributed by atoms with Gasteiger partial charge in [-0.1, -0.05) is 11.6 Å². The number of hydrogen-bond donors (Lipinski definition) is 1. The summed E-state index contributed by atoms with van der Waals surface area (Å²) < 4.78 is 8.55. The summed E-state index contributed by atoms with van der Waals surface area (Å²) in [7, 11) is 0. The van der Waals surface area contributed by atoms with Crippen molar-refractivity contribution in [1.82, 2.24) is 9.78 Å². The number of rotatable bonds is 7. The quantitative estimate of drug-likeness (QED) is 0.716. The molecule has 2 aromatic rings. The summed E-state index contributed by atoms with van der Waals surface area (Å²) in [5.74, 6) is -0.684. The summed E-state index contributed by atoms with van der Waals surface area (Å²) >= 11 is 6.02. The monoisotopic (exact) mass is 400 g/mol. The molecule has 0 amide bonds. The summed E-state index contributed by atoms with van der Waals surface area (Å²) in [4.78, 5) is 11.1. The molecular formula is C22H25ClN2O3. The van der Waals surface area contributed by atoms with Crippen molar-refractivity contribution >= 4 is 17.6 Å². The minimum atomic E-state index is -0.684. The molecule has 1 N–H and O–H groups in total. The highest BCUT2D eigenvalue weighted by Crippen LogP contribution is 2.87. The zero-order chi connectivity index (χ0) is 19.6. The second-order valence-corrected chi connectivity index (χ2v) is 9.32. The lowest BCUT2D eigenvalue weighted by Crippen LogP contribution is -2.50. The maximum Gasteiger partial charge on any atom is 0.303 e. The van der Waals surface area contributed by atoms with E-state index in [0.717, 1.165) is 49.2 Å². The SMILES string of the molecule is Cc1cc(COC23CCC4(CCC(=O)O)CC42CC3)n(-c2ccc(Cl)cc2)n1. The Bertz CT molecular complexity index is 936. The number of nitrogens with zero attached hydrogens (tertiary/aromatic N) is 2. The first-order chi connectivity index (χ1) is 13.4. The molecule has 1 heterocycles. The molecular weight excluding hydrogens is 376 g/mol. The van der Waals surface area contributed by atoms with E-state index in [9.17, 15) is 4.79 Å². The predicted octanol–water partition coefficient (Wildman–Crippen LogP) is 4.92. The second kappa shape index (κ2) is 6.07. The zero-order valence-corrected chi connectivity index (χ0v) is 16.8. The number of hydrogen-bond acceptors (Lipinski definition) is 3. The summed E-state index contributed by atoms with van der Waals surface area (Å²) in [6.07, 6.45) is 6.66. The topological polar surface area (TPSA) is 64.3 Å². The Labute approximate surface area is 169 Å². The van der Waals surface area contributed by atoms with E-state index >= 15 is 0 Å². The fraction of sp³-hybridized carbons (Fsp3) is 0.545. The van der Waals surface area contributed by atoms with Crippen LogP contribution in [-0.4, -0.2) is 26.5 Å². The first-order valence-electron chi connectivity index (χ1n) is 10.1. The number of aromatic nitrogens is 2. The number of carbonyl (C=O) groups is 1. The van der Waals surface area contributed by atoms with E-state index in [0.29, 0.717) is 11.6 Å². The number of carboxylic acids is 1. The van der Waals surface area contributed by atoms with Gasteiger partial charge in [0.25, 0.3) is 0 Å². The molecule has 0 radical (unpaired) electrons. The number of halogens is 1. The maximum atomic E-state index is 11.1. The third kappa shape index (κ3) is 2.49. The van der Waals surface area contributed by atoms with Crippen LogP contribution in [0.3, 0.4) is 0 Å². The van der Waals surface area contributed by atoms with Crippen LogP contribution in [0.25, 0.3) is 5.69 Å². The van der Waals surface area contributed by atoms with E-state index in [2.05, 4.69) is 11.2 Å². The van der Waals surface area contributed by atoms with Gasteiger partial charge in [0.2, 0.25) is 0 Å². The molecule has 0 saturated heterocycles. The average molecular weight is 401 g/mol. The molecule has 3 saturated carbocycles. The highest BCUT2D eigenvalue weighted by molar-refractivity contribution is 6.30. The highest BCUT2D eigenvalue weighted by Gasteiger charge is 2.83. The van der Waals surface area contributed by atoms with Crippen LogP contribution in [0.15, 0.2) is 30.3 Å². The molecule has 1 aromatic heterocycles. The van der Waals surface area contributed by atoms with Gasteiger partial charge >= 0.3 is 5.97 Å². The van der Waals surface area contributed by atoms with Crippen LogP contribution in [0.1, 0.15) is 56.3 Å². The number of benzene rings is 1. The van der Waals surface area contributed by atoms with Gasteiger partial charge in [0, 0.05) is 16.9 Å². The van der Waals surface area contributed by atoms with Crippen LogP contribution < -0.4 is 0 Å². The van der Waals surface area contributed by atoms with E-state index in [1.807, 2.05) is 35.9 Å². The molecule has 3 unspecified atom stereocenters. The van der Waals surface area contributed by atoms with Crippen LogP contribution in [0, 0.1) is 17.8 Å². The Kier molecular flexibility index (Phi) is 3.95. The second-order valence-electron chi connectivity index (χ2n) is 8.88. The Balaban J connectivity index is 1.33. The molecule has 3 fully saturated rings. The standard InChI is InChI=1S/C22H25ClN2O3/c1-15-12-18(25(24-15)17-4-2-16(23)3-5-17)13-28-22-10-8-20(7-6-19(26)27)14-21(20,22)9-11-22/h2-5,12H,6-11,13-14H2,1H3,(H,26,27). The van der Waals surface area contributed by atoms with Crippen LogP contribution in [0.5, 0.6) is 0 Å². The number of ether oxygens (including phenoxy) is 1. The third-order valence-corrected chi connectivity index (χ3v) is 7.91. The summed E-state index contributed by atoms with van der Waals surface area (Å²) in [6, 6.07) is 9.76. The van der Waals surface area contributed by atoms with Crippen molar-refractivity contribution in [2.24, 2.45) is 10.8 Å². The Morgan fingerprint density at radius 2 is 2.00 bits per heavy atom. The Hall–Kier alpha value is -1.85. The maximum absolute atomic E-state index is 11.1. The molecule has 1 aromatic carbocycles. The number of aliphatic carboxylic acids is 1. The lowest BCUT2D eigenvalue weighted by molar-refractivity contribution is -0.165. The van der Waals surface area contributed by atoms with Crippen LogP contribution in [-0.2, 0) is 16.1 Å². The van der Waals surface area contributed by atoms with E-state index < -0.39 is 5.97 Å². The van der Waals surface area contributed by atoms with Crippen molar-refractivity contribution in [2.45, 2.75) is 64.1 Å². The highest BCUT2D eigenvalue weighted by atomic mass is 35.5. The fourth-order valence-corrected chi connectivity index (χ4v) is 6.25. The van der Waals surface area contributed by atoms with Gasteiger partial charge in [0.05, 0.1) is 29.3 Å². The lowest BCUT2D eigenvalue weighted by atomic mass is 9.65. The van der Waals surface area contributed by atoms with E-state index in [1.54, 1.807) is 0 Å². The van der Waals surface area contributed by atoms with Crippen molar-refractivity contribution in [3.8, 4) is 5.69 Å². The van der Waals surface area contributed by atoms with Crippen molar-refractivity contribution in [3.05, 3.63) is 46.7 Å².